The molecule has 0 atom stereocenters. The van der Waals surface area contributed by atoms with Crippen molar-refractivity contribution in [2.45, 2.75) is 0 Å². The SMILES string of the molecule is Nc1ccc([NH][Cu])cc1.c1ccc2c(c1)-c1nc-2nc2[nH]c(nc3nc(nc4[nH]c(n1)c1ccccc41)-c1ccccc1-3)c1ccccc21. The maximum absolute atomic E-state index is 5.42. The molecule has 0 saturated carbocycles. The Bertz CT molecular complexity index is 2410. The van der Waals surface area contributed by atoms with Crippen molar-refractivity contribution in [3.63, 3.8) is 0 Å². The van der Waals surface area contributed by atoms with Gasteiger partial charge in [0.25, 0.3) is 0 Å². The molecule has 10 nitrogen and oxygen atoms in total. The van der Waals surface area contributed by atoms with Crippen molar-refractivity contribution >= 4 is 55.5 Å². The topological polar surface area (TPSA) is 147 Å². The van der Waals surface area contributed by atoms with E-state index in [1.54, 1.807) is 12.1 Å². The normalized spacial score (nSPS) is 11.5. The number of nitrogen functional groups attached to an aromatic ring is 1. The summed E-state index contributed by atoms with van der Waals surface area (Å²) in [6, 6.07) is 39.5. The van der Waals surface area contributed by atoms with Crippen LogP contribution in [0.4, 0.5) is 11.4 Å². The van der Waals surface area contributed by atoms with Crippen LogP contribution >= 0.6 is 0 Å². The fourth-order valence-corrected chi connectivity index (χ4v) is 6.28. The van der Waals surface area contributed by atoms with Gasteiger partial charge in [-0.1, -0.05) is 97.1 Å². The summed E-state index contributed by atoms with van der Waals surface area (Å²) in [5.41, 5.74) is 13.5. The van der Waals surface area contributed by atoms with Crippen LogP contribution in [0.1, 0.15) is 0 Å². The van der Waals surface area contributed by atoms with E-state index in [1.165, 1.54) is 0 Å². The fraction of sp³-hybridized carbons (Fsp3) is 0. The van der Waals surface area contributed by atoms with Crippen LogP contribution in [0, 0.1) is 0 Å². The average Bonchev–Trinajstić information content (AvgIpc) is 3.88. The first-order valence-corrected chi connectivity index (χ1v) is 16.0. The first-order chi connectivity index (χ1) is 24.1. The third-order valence-electron chi connectivity index (χ3n) is 8.46. The maximum Gasteiger partial charge on any atom is 0.164 e. The molecule has 0 radical (unpaired) electrons. The molecule has 0 saturated heterocycles. The summed E-state index contributed by atoms with van der Waals surface area (Å²) in [5.74, 6) is 2.39. The van der Waals surface area contributed by atoms with Crippen molar-refractivity contribution in [2.75, 3.05) is 10.1 Å². The van der Waals surface area contributed by atoms with Crippen molar-refractivity contribution in [3.05, 3.63) is 121 Å². The Hall–Kier alpha value is -6.42. The number of hydrogen-bond donors (Lipinski definition) is 4. The van der Waals surface area contributed by atoms with Crippen LogP contribution in [0.25, 0.3) is 89.7 Å². The third-order valence-corrected chi connectivity index (χ3v) is 8.73. The molecule has 0 aliphatic carbocycles. The molecule has 49 heavy (non-hydrogen) atoms. The van der Waals surface area contributed by atoms with Crippen molar-refractivity contribution in [3.8, 4) is 45.6 Å². The second-order valence-electron chi connectivity index (χ2n) is 11.5. The van der Waals surface area contributed by atoms with E-state index in [0.717, 1.165) is 55.2 Å². The van der Waals surface area contributed by atoms with Crippen molar-refractivity contribution in [2.24, 2.45) is 0 Å². The molecule has 238 valence electrons. The molecule has 11 heteroatoms. The van der Waals surface area contributed by atoms with Crippen LogP contribution in [0.5, 0.6) is 0 Å². The number of nitrogens with one attached hydrogen (secondary N) is 3. The number of aromatic amines is 2. The molecule has 5 N–H and O–H groups in total. The molecule has 8 bridgehead atoms. The minimum atomic E-state index is 0.597. The molecular formula is C38H25CuN10. The summed E-state index contributed by atoms with van der Waals surface area (Å²) in [7, 11) is 0. The summed E-state index contributed by atoms with van der Waals surface area (Å²) < 4.78 is 2.56. The largest absolute Gasteiger partial charge is 0.324 e. The van der Waals surface area contributed by atoms with Crippen LogP contribution in [-0.4, -0.2) is 39.9 Å². The maximum atomic E-state index is 5.42. The molecule has 0 fully saturated rings. The summed E-state index contributed by atoms with van der Waals surface area (Å²) in [4.78, 5) is 36.8. The Balaban J connectivity index is 0.000000317. The van der Waals surface area contributed by atoms with E-state index in [9.17, 15) is 0 Å². The van der Waals surface area contributed by atoms with Crippen molar-refractivity contribution < 1.29 is 16.2 Å². The van der Waals surface area contributed by atoms with Gasteiger partial charge < -0.3 is 9.97 Å². The number of anilines is 2. The first-order valence-electron chi connectivity index (χ1n) is 15.5. The van der Waals surface area contributed by atoms with E-state index in [-0.39, 0.29) is 0 Å². The Morgan fingerprint density at radius 3 is 1.02 bits per heavy atom. The number of nitrogens with two attached hydrogens (primary N) is 1. The number of benzene rings is 5. The fourth-order valence-electron chi connectivity index (χ4n) is 6.12. The Kier molecular flexibility index (Phi) is 6.86. The molecule has 3 aromatic heterocycles. The first kappa shape index (κ1) is 28.8. The minimum absolute atomic E-state index is 0.597. The van der Waals surface area contributed by atoms with Gasteiger partial charge in [0.1, 0.15) is 22.6 Å². The smallest absolute Gasteiger partial charge is 0.164 e. The van der Waals surface area contributed by atoms with Gasteiger partial charge >= 0.3 is 61.9 Å². The number of hydrogen-bond acceptors (Lipinski definition) is 8. The monoisotopic (exact) mass is 684 g/mol. The van der Waals surface area contributed by atoms with E-state index >= 15 is 0 Å². The van der Waals surface area contributed by atoms with Crippen LogP contribution in [-0.2, 0) is 16.2 Å². The second kappa shape index (κ2) is 11.7. The summed E-state index contributed by atoms with van der Waals surface area (Å²) in [6.07, 6.45) is 0. The predicted molar refractivity (Wildman–Crippen MR) is 191 cm³/mol. The summed E-state index contributed by atoms with van der Waals surface area (Å²) in [5, 5.41) is 3.82. The van der Waals surface area contributed by atoms with Crippen LogP contribution in [0.2, 0.25) is 0 Å². The van der Waals surface area contributed by atoms with Gasteiger partial charge in [0, 0.05) is 43.8 Å². The third kappa shape index (κ3) is 5.05. The van der Waals surface area contributed by atoms with Gasteiger partial charge in [-0.3, -0.25) is 0 Å². The van der Waals surface area contributed by atoms with E-state index in [0.29, 0.717) is 45.9 Å². The van der Waals surface area contributed by atoms with E-state index in [1.807, 2.05) is 109 Å². The van der Waals surface area contributed by atoms with Crippen LogP contribution in [0.15, 0.2) is 121 Å². The van der Waals surface area contributed by atoms with Gasteiger partial charge in [-0.05, 0) is 0 Å². The zero-order chi connectivity index (χ0) is 32.9. The molecule has 5 aromatic carbocycles. The Labute approximate surface area is 287 Å². The van der Waals surface area contributed by atoms with Gasteiger partial charge in [0.2, 0.25) is 0 Å². The molecule has 8 aromatic rings. The molecule has 5 heterocycles. The van der Waals surface area contributed by atoms with E-state index in [2.05, 4.69) is 14.3 Å². The van der Waals surface area contributed by atoms with Gasteiger partial charge in [0.15, 0.2) is 23.3 Å². The van der Waals surface area contributed by atoms with Gasteiger partial charge in [-0.2, -0.15) is 0 Å². The number of H-pyrrole nitrogens is 2. The van der Waals surface area contributed by atoms with E-state index in [4.69, 9.17) is 51.9 Å². The summed E-state index contributed by atoms with van der Waals surface area (Å²) in [6.45, 7) is 0. The number of fused-ring (bicyclic) bond motifs is 20. The number of aromatic nitrogens is 8. The Morgan fingerprint density at radius 1 is 0.408 bits per heavy atom. The molecule has 0 unspecified atom stereocenters. The molecule has 2 aliphatic heterocycles. The standard InChI is InChI=1S/C32H18N8.C6H7N2.Cu/c1-2-10-18-17(9-1)25-33-26(18)38-28-21-13-5-6-14-22(21)30(35-28)40-32-24-16-8-7-15-23(24)31(36-32)39-29-20-12-4-3-11-19(20)27(34-29)37-25;7-5-1-2-6(8)4-3-5;/h1-16H,(H2,33,34,35,36,37,38,39,40);1-4,7H,8H2;/q;-1;+1. The van der Waals surface area contributed by atoms with Gasteiger partial charge in [-0.15, -0.1) is 0 Å². The molecular weight excluding hydrogens is 660 g/mol. The molecule has 0 spiro atoms. The quantitative estimate of drug-likeness (QED) is 0.100. The molecule has 10 rings (SSSR count). The van der Waals surface area contributed by atoms with Gasteiger partial charge in [0.05, 0.1) is 0 Å². The minimum Gasteiger partial charge on any atom is -0.324 e. The van der Waals surface area contributed by atoms with Crippen molar-refractivity contribution in [1.82, 2.24) is 39.9 Å². The van der Waals surface area contributed by atoms with Crippen LogP contribution in [0.3, 0.4) is 0 Å². The predicted octanol–water partition coefficient (Wildman–Crippen LogP) is 8.01. The summed E-state index contributed by atoms with van der Waals surface area (Å²) >= 11 is 4.71. The molecule has 0 amide bonds. The molecule has 2 aliphatic rings. The van der Waals surface area contributed by atoms with Crippen molar-refractivity contribution in [1.29, 1.82) is 0 Å². The van der Waals surface area contributed by atoms with E-state index < -0.39 is 0 Å². The van der Waals surface area contributed by atoms with Gasteiger partial charge in [-0.25, -0.2) is 29.9 Å². The Morgan fingerprint density at radius 2 is 0.714 bits per heavy atom. The van der Waals surface area contributed by atoms with Crippen LogP contribution < -0.4 is 10.1 Å². The zero-order valence-corrected chi connectivity index (χ0v) is 26.6. The number of nitrogens with zero attached hydrogens (tertiary/aromatic N) is 6. The average molecular weight is 685 g/mol. The second-order valence-corrected chi connectivity index (χ2v) is 11.7. The zero-order valence-electron chi connectivity index (χ0n) is 25.6. The number of rotatable bonds is 1.